The van der Waals surface area contributed by atoms with Crippen LogP contribution in [-0.4, -0.2) is 38.3 Å². The molecule has 0 unspecified atom stereocenters. The molecule has 1 aliphatic rings. The molecule has 2 aromatic rings. The van der Waals surface area contributed by atoms with Gasteiger partial charge in [0, 0.05) is 19.8 Å². The molecule has 2 heterocycles. The zero-order valence-corrected chi connectivity index (χ0v) is 12.9. The lowest BCUT2D eigenvalue weighted by atomic mass is 10.0. The van der Waals surface area contributed by atoms with E-state index in [2.05, 4.69) is 5.10 Å². The first-order valence-corrected chi connectivity index (χ1v) is 7.41. The smallest absolute Gasteiger partial charge is 0.391 e. The summed E-state index contributed by atoms with van der Waals surface area (Å²) < 4.78 is 40.2. The van der Waals surface area contributed by atoms with E-state index in [-0.39, 0.29) is 18.9 Å². The monoisotopic (exact) mass is 339 g/mol. The topological polar surface area (TPSA) is 58.4 Å². The number of rotatable bonds is 2. The van der Waals surface area contributed by atoms with Gasteiger partial charge in [-0.1, -0.05) is 12.1 Å². The molecule has 1 fully saturated rings. The molecule has 1 amide bonds. The van der Waals surface area contributed by atoms with Gasteiger partial charge in [-0.15, -0.1) is 0 Å². The Hall–Kier alpha value is -2.35. The highest BCUT2D eigenvalue weighted by molar-refractivity contribution is 5.93. The van der Waals surface area contributed by atoms with E-state index in [1.54, 1.807) is 13.1 Å². The fourth-order valence-corrected chi connectivity index (χ4v) is 3.01. The highest BCUT2D eigenvalue weighted by atomic mass is 19.4. The summed E-state index contributed by atoms with van der Waals surface area (Å²) in [6.07, 6.45) is -3.56. The van der Waals surface area contributed by atoms with Gasteiger partial charge in [0.25, 0.3) is 5.91 Å². The van der Waals surface area contributed by atoms with Crippen molar-refractivity contribution in [1.29, 1.82) is 0 Å². The first-order chi connectivity index (χ1) is 11.3. The van der Waals surface area contributed by atoms with Crippen molar-refractivity contribution in [1.82, 2.24) is 14.7 Å². The van der Waals surface area contributed by atoms with Crippen molar-refractivity contribution in [3.63, 3.8) is 0 Å². The first kappa shape index (κ1) is 16.5. The SMILES string of the molecule is Cn1nccc1C(=O)N1C[C@H](O)C[C@H]1c1cccc(C(F)(F)F)c1. The molecule has 1 aliphatic heterocycles. The van der Waals surface area contributed by atoms with Gasteiger partial charge >= 0.3 is 6.18 Å². The molecule has 1 N–H and O–H groups in total. The second-order valence-corrected chi connectivity index (χ2v) is 5.83. The van der Waals surface area contributed by atoms with Gasteiger partial charge in [0.1, 0.15) is 5.69 Å². The number of halogens is 3. The van der Waals surface area contributed by atoms with Gasteiger partial charge in [-0.3, -0.25) is 9.48 Å². The molecule has 0 spiro atoms. The van der Waals surface area contributed by atoms with E-state index >= 15 is 0 Å². The van der Waals surface area contributed by atoms with Crippen LogP contribution in [0.3, 0.4) is 0 Å². The van der Waals surface area contributed by atoms with Crippen molar-refractivity contribution >= 4 is 5.91 Å². The molecular weight excluding hydrogens is 323 g/mol. The summed E-state index contributed by atoms with van der Waals surface area (Å²) in [6, 6.07) is 5.81. The van der Waals surface area contributed by atoms with Gasteiger partial charge in [-0.05, 0) is 30.2 Å². The maximum Gasteiger partial charge on any atom is 0.416 e. The lowest BCUT2D eigenvalue weighted by Crippen LogP contribution is -2.33. The largest absolute Gasteiger partial charge is 0.416 e. The molecule has 1 saturated heterocycles. The zero-order valence-electron chi connectivity index (χ0n) is 12.9. The minimum absolute atomic E-state index is 0.0743. The Morgan fingerprint density at radius 2 is 2.08 bits per heavy atom. The van der Waals surface area contributed by atoms with Gasteiger partial charge in [-0.2, -0.15) is 18.3 Å². The quantitative estimate of drug-likeness (QED) is 0.914. The number of hydrogen-bond acceptors (Lipinski definition) is 3. The summed E-state index contributed by atoms with van der Waals surface area (Å²) >= 11 is 0. The molecule has 0 aliphatic carbocycles. The molecule has 0 bridgehead atoms. The maximum absolute atomic E-state index is 12.9. The molecule has 3 rings (SSSR count). The van der Waals surface area contributed by atoms with Crippen LogP contribution < -0.4 is 0 Å². The molecule has 0 radical (unpaired) electrons. The van der Waals surface area contributed by atoms with Crippen LogP contribution in [0.5, 0.6) is 0 Å². The van der Waals surface area contributed by atoms with Crippen LogP contribution in [0.4, 0.5) is 13.2 Å². The fraction of sp³-hybridized carbons (Fsp3) is 0.375. The Morgan fingerprint density at radius 3 is 2.71 bits per heavy atom. The van der Waals surface area contributed by atoms with Crippen molar-refractivity contribution in [2.24, 2.45) is 7.05 Å². The summed E-state index contributed by atoms with van der Waals surface area (Å²) in [5.74, 6) is -0.367. The Balaban J connectivity index is 1.94. The minimum atomic E-state index is -4.45. The normalized spacial score (nSPS) is 21.3. The summed E-state index contributed by atoms with van der Waals surface area (Å²) in [5.41, 5.74) is -0.0905. The number of benzene rings is 1. The number of aromatic nitrogens is 2. The molecule has 0 saturated carbocycles. The standard InChI is InChI=1S/C16H16F3N3O2/c1-21-13(5-6-20-21)15(24)22-9-12(23)8-14(22)10-3-2-4-11(7-10)16(17,18)19/h2-7,12,14,23H,8-9H2,1H3/t12-,14+/m1/s1. The molecular formula is C16H16F3N3O2. The lowest BCUT2D eigenvalue weighted by Gasteiger charge is -2.25. The van der Waals surface area contributed by atoms with Gasteiger partial charge in [0.05, 0.1) is 17.7 Å². The second kappa shape index (κ2) is 5.94. The summed E-state index contributed by atoms with van der Waals surface area (Å²) in [4.78, 5) is 14.1. The van der Waals surface area contributed by atoms with Gasteiger partial charge in [0.2, 0.25) is 0 Å². The Morgan fingerprint density at radius 1 is 1.33 bits per heavy atom. The van der Waals surface area contributed by atoms with E-state index in [4.69, 9.17) is 0 Å². The van der Waals surface area contributed by atoms with Crippen molar-refractivity contribution in [2.45, 2.75) is 24.7 Å². The van der Waals surface area contributed by atoms with Crippen molar-refractivity contribution in [3.05, 3.63) is 53.3 Å². The third-order valence-corrected chi connectivity index (χ3v) is 4.18. The van der Waals surface area contributed by atoms with Crippen LogP contribution in [0.2, 0.25) is 0 Å². The highest BCUT2D eigenvalue weighted by Gasteiger charge is 2.38. The van der Waals surface area contributed by atoms with Crippen LogP contribution in [0, 0.1) is 0 Å². The van der Waals surface area contributed by atoms with Crippen molar-refractivity contribution in [2.75, 3.05) is 6.54 Å². The summed E-state index contributed by atoms with van der Waals surface area (Å²) in [7, 11) is 1.61. The third-order valence-electron chi connectivity index (χ3n) is 4.18. The molecule has 128 valence electrons. The van der Waals surface area contributed by atoms with Crippen LogP contribution in [0.15, 0.2) is 36.5 Å². The predicted molar refractivity (Wildman–Crippen MR) is 79.1 cm³/mol. The highest BCUT2D eigenvalue weighted by Crippen LogP contribution is 2.36. The Kier molecular flexibility index (Phi) is 4.08. The molecule has 24 heavy (non-hydrogen) atoms. The number of hydrogen-bond donors (Lipinski definition) is 1. The molecule has 1 aromatic carbocycles. The lowest BCUT2D eigenvalue weighted by molar-refractivity contribution is -0.137. The van der Waals surface area contributed by atoms with Gasteiger partial charge in [-0.25, -0.2) is 0 Å². The molecule has 8 heteroatoms. The maximum atomic E-state index is 12.9. The first-order valence-electron chi connectivity index (χ1n) is 7.41. The van der Waals surface area contributed by atoms with E-state index in [0.29, 0.717) is 11.3 Å². The number of aliphatic hydroxyl groups excluding tert-OH is 1. The molecule has 2 atom stereocenters. The summed E-state index contributed by atoms with van der Waals surface area (Å²) in [5, 5.41) is 13.9. The molecule has 1 aromatic heterocycles. The van der Waals surface area contributed by atoms with Crippen LogP contribution in [-0.2, 0) is 13.2 Å². The van der Waals surface area contributed by atoms with Crippen LogP contribution in [0.1, 0.15) is 34.1 Å². The Bertz CT molecular complexity index is 757. The minimum Gasteiger partial charge on any atom is -0.391 e. The number of β-amino-alcohol motifs (C(OH)–C–C–N with tert-alkyl or cyclic N) is 1. The van der Waals surface area contributed by atoms with E-state index in [1.807, 2.05) is 0 Å². The van der Waals surface area contributed by atoms with Gasteiger partial charge in [0.15, 0.2) is 0 Å². The fourth-order valence-electron chi connectivity index (χ4n) is 3.01. The van der Waals surface area contributed by atoms with E-state index in [1.165, 1.54) is 27.9 Å². The molecule has 5 nitrogen and oxygen atoms in total. The van der Waals surface area contributed by atoms with E-state index in [0.717, 1.165) is 12.1 Å². The number of alkyl halides is 3. The van der Waals surface area contributed by atoms with Gasteiger partial charge < -0.3 is 10.0 Å². The second-order valence-electron chi connectivity index (χ2n) is 5.83. The predicted octanol–water partition coefficient (Wildman–Crippen LogP) is 2.39. The van der Waals surface area contributed by atoms with Crippen LogP contribution in [0.25, 0.3) is 0 Å². The van der Waals surface area contributed by atoms with Crippen LogP contribution >= 0.6 is 0 Å². The van der Waals surface area contributed by atoms with Crippen molar-refractivity contribution in [3.8, 4) is 0 Å². The number of amides is 1. The number of likely N-dealkylation sites (tertiary alicyclic amines) is 1. The summed E-state index contributed by atoms with van der Waals surface area (Å²) in [6.45, 7) is 0.0743. The number of aliphatic hydroxyl groups is 1. The average Bonchev–Trinajstić information content (AvgIpc) is 3.12. The van der Waals surface area contributed by atoms with E-state index in [9.17, 15) is 23.1 Å². The Labute approximate surface area is 136 Å². The number of aryl methyl sites for hydroxylation is 1. The zero-order chi connectivity index (χ0) is 17.5. The van der Waals surface area contributed by atoms with Crippen molar-refractivity contribution < 1.29 is 23.1 Å². The third kappa shape index (κ3) is 3.01. The van der Waals surface area contributed by atoms with E-state index < -0.39 is 23.9 Å². The number of nitrogens with zero attached hydrogens (tertiary/aromatic N) is 3. The number of carbonyl (C=O) groups is 1. The average molecular weight is 339 g/mol. The number of carbonyl (C=O) groups excluding carboxylic acids is 1.